The van der Waals surface area contributed by atoms with Crippen molar-refractivity contribution in [1.82, 2.24) is 15.5 Å². The molecule has 1 unspecified atom stereocenters. The highest BCUT2D eigenvalue weighted by atomic mass is 16.5. The van der Waals surface area contributed by atoms with E-state index >= 15 is 0 Å². The van der Waals surface area contributed by atoms with Crippen molar-refractivity contribution in [3.05, 3.63) is 11.7 Å². The second-order valence-electron chi connectivity index (χ2n) is 5.71. The maximum Gasteiger partial charge on any atom is 0.303 e. The molecule has 20 heavy (non-hydrogen) atoms. The van der Waals surface area contributed by atoms with E-state index in [4.69, 9.17) is 9.63 Å². The standard InChI is InChI=1S/C14H25N3O3/c1-10(2)8-12-16-13(20-17-12)9-15-7-6-11(3)4-5-14(18)19/h10-11,15H,4-9H2,1-3H3,(H,18,19). The Hall–Kier alpha value is -1.43. The molecule has 0 amide bonds. The monoisotopic (exact) mass is 283 g/mol. The van der Waals surface area contributed by atoms with E-state index in [1.807, 2.05) is 0 Å². The van der Waals surface area contributed by atoms with E-state index in [2.05, 4.69) is 36.2 Å². The number of aromatic nitrogens is 2. The van der Waals surface area contributed by atoms with Gasteiger partial charge < -0.3 is 14.9 Å². The average molecular weight is 283 g/mol. The summed E-state index contributed by atoms with van der Waals surface area (Å²) in [5.41, 5.74) is 0. The lowest BCUT2D eigenvalue weighted by atomic mass is 10.0. The van der Waals surface area contributed by atoms with Gasteiger partial charge in [0.2, 0.25) is 5.89 Å². The molecule has 1 heterocycles. The molecule has 0 aliphatic rings. The van der Waals surface area contributed by atoms with Gasteiger partial charge in [0.1, 0.15) is 0 Å². The molecule has 0 aliphatic carbocycles. The first-order valence-electron chi connectivity index (χ1n) is 7.21. The number of aliphatic carboxylic acids is 1. The summed E-state index contributed by atoms with van der Waals surface area (Å²) >= 11 is 0. The van der Waals surface area contributed by atoms with Gasteiger partial charge in [0.25, 0.3) is 0 Å². The van der Waals surface area contributed by atoms with Crippen molar-refractivity contribution in [1.29, 1.82) is 0 Å². The van der Waals surface area contributed by atoms with Crippen molar-refractivity contribution in [2.45, 2.75) is 53.0 Å². The van der Waals surface area contributed by atoms with Gasteiger partial charge in [0, 0.05) is 12.8 Å². The molecular weight excluding hydrogens is 258 g/mol. The highest BCUT2D eigenvalue weighted by Crippen LogP contribution is 2.09. The summed E-state index contributed by atoms with van der Waals surface area (Å²) in [6.07, 6.45) is 2.73. The molecule has 6 heteroatoms. The summed E-state index contributed by atoms with van der Waals surface area (Å²) in [5.74, 6) is 1.56. The fourth-order valence-corrected chi connectivity index (χ4v) is 1.87. The Kier molecular flexibility index (Phi) is 7.22. The van der Waals surface area contributed by atoms with Crippen LogP contribution in [-0.2, 0) is 17.8 Å². The van der Waals surface area contributed by atoms with Gasteiger partial charge in [-0.25, -0.2) is 0 Å². The highest BCUT2D eigenvalue weighted by molar-refractivity contribution is 5.66. The molecule has 0 fully saturated rings. The lowest BCUT2D eigenvalue weighted by Gasteiger charge is -2.09. The van der Waals surface area contributed by atoms with Crippen LogP contribution < -0.4 is 5.32 Å². The number of nitrogens with zero attached hydrogens (tertiary/aromatic N) is 2. The molecule has 1 rings (SSSR count). The molecule has 0 radical (unpaired) electrons. The average Bonchev–Trinajstić information content (AvgIpc) is 2.79. The summed E-state index contributed by atoms with van der Waals surface area (Å²) in [5, 5.41) is 15.8. The zero-order valence-electron chi connectivity index (χ0n) is 12.6. The topological polar surface area (TPSA) is 88.2 Å². The second-order valence-corrected chi connectivity index (χ2v) is 5.71. The molecule has 1 aromatic rings. The van der Waals surface area contributed by atoms with Crippen molar-refractivity contribution in [2.24, 2.45) is 11.8 Å². The Morgan fingerprint density at radius 3 is 2.75 bits per heavy atom. The van der Waals surface area contributed by atoms with Gasteiger partial charge in [-0.1, -0.05) is 25.9 Å². The smallest absolute Gasteiger partial charge is 0.303 e. The zero-order chi connectivity index (χ0) is 15.0. The predicted octanol–water partition coefficient (Wildman–Crippen LogP) is 2.25. The Labute approximate surface area is 120 Å². The first-order chi connectivity index (χ1) is 9.47. The molecule has 0 spiro atoms. The quantitative estimate of drug-likeness (QED) is 0.640. The number of carboxylic acid groups (broad SMARTS) is 1. The number of hydrogen-bond acceptors (Lipinski definition) is 5. The van der Waals surface area contributed by atoms with Crippen molar-refractivity contribution in [3.8, 4) is 0 Å². The molecule has 1 atom stereocenters. The van der Waals surface area contributed by atoms with Crippen LogP contribution in [0.3, 0.4) is 0 Å². The molecule has 0 aromatic carbocycles. The van der Waals surface area contributed by atoms with E-state index in [1.165, 1.54) is 0 Å². The number of carboxylic acids is 1. The Balaban J connectivity index is 2.14. The van der Waals surface area contributed by atoms with E-state index in [9.17, 15) is 4.79 Å². The molecule has 1 aromatic heterocycles. The summed E-state index contributed by atoms with van der Waals surface area (Å²) < 4.78 is 5.15. The van der Waals surface area contributed by atoms with Crippen molar-refractivity contribution in [2.75, 3.05) is 6.54 Å². The number of nitrogens with one attached hydrogen (secondary N) is 1. The number of hydrogen-bond donors (Lipinski definition) is 2. The second kappa shape index (κ2) is 8.68. The van der Waals surface area contributed by atoms with Crippen molar-refractivity contribution < 1.29 is 14.4 Å². The zero-order valence-corrected chi connectivity index (χ0v) is 12.6. The van der Waals surface area contributed by atoms with Gasteiger partial charge in [0.15, 0.2) is 5.82 Å². The lowest BCUT2D eigenvalue weighted by Crippen LogP contribution is -2.17. The SMILES string of the molecule is CC(C)Cc1noc(CNCCC(C)CCC(=O)O)n1. The van der Waals surface area contributed by atoms with Crippen LogP contribution >= 0.6 is 0 Å². The van der Waals surface area contributed by atoms with E-state index in [0.717, 1.165) is 31.6 Å². The van der Waals surface area contributed by atoms with E-state index in [-0.39, 0.29) is 6.42 Å². The molecule has 0 saturated heterocycles. The third-order valence-corrected chi connectivity index (χ3v) is 3.04. The summed E-state index contributed by atoms with van der Waals surface area (Å²) in [6.45, 7) is 7.69. The van der Waals surface area contributed by atoms with Gasteiger partial charge in [-0.05, 0) is 31.2 Å². The molecule has 0 aliphatic heterocycles. The van der Waals surface area contributed by atoms with Gasteiger partial charge in [-0.3, -0.25) is 4.79 Å². The van der Waals surface area contributed by atoms with E-state index < -0.39 is 5.97 Å². The highest BCUT2D eigenvalue weighted by Gasteiger charge is 2.08. The first kappa shape index (κ1) is 16.6. The maximum absolute atomic E-state index is 10.5. The number of carbonyl (C=O) groups is 1. The molecule has 2 N–H and O–H groups in total. The van der Waals surface area contributed by atoms with Crippen LogP contribution in [-0.4, -0.2) is 27.8 Å². The summed E-state index contributed by atoms with van der Waals surface area (Å²) in [7, 11) is 0. The predicted molar refractivity (Wildman–Crippen MR) is 75.2 cm³/mol. The molecule has 0 bridgehead atoms. The van der Waals surface area contributed by atoms with Gasteiger partial charge in [-0.2, -0.15) is 4.98 Å². The van der Waals surface area contributed by atoms with Crippen LogP contribution in [0, 0.1) is 11.8 Å². The van der Waals surface area contributed by atoms with Crippen LogP contribution in [0.1, 0.15) is 51.7 Å². The Bertz CT molecular complexity index is 404. The fraction of sp³-hybridized carbons (Fsp3) is 0.786. The minimum absolute atomic E-state index is 0.239. The third kappa shape index (κ3) is 7.23. The van der Waals surface area contributed by atoms with Crippen molar-refractivity contribution in [3.63, 3.8) is 0 Å². The summed E-state index contributed by atoms with van der Waals surface area (Å²) in [6, 6.07) is 0. The van der Waals surface area contributed by atoms with Gasteiger partial charge >= 0.3 is 5.97 Å². The lowest BCUT2D eigenvalue weighted by molar-refractivity contribution is -0.137. The number of rotatable bonds is 10. The van der Waals surface area contributed by atoms with Crippen LogP contribution in [0.2, 0.25) is 0 Å². The fourth-order valence-electron chi connectivity index (χ4n) is 1.87. The first-order valence-corrected chi connectivity index (χ1v) is 7.21. The minimum Gasteiger partial charge on any atom is -0.481 e. The largest absolute Gasteiger partial charge is 0.481 e. The van der Waals surface area contributed by atoms with E-state index in [0.29, 0.717) is 24.3 Å². The Morgan fingerprint density at radius 1 is 1.35 bits per heavy atom. The molecule has 0 saturated carbocycles. The van der Waals surface area contributed by atoms with Gasteiger partial charge in [-0.15, -0.1) is 0 Å². The molecule has 6 nitrogen and oxygen atoms in total. The van der Waals surface area contributed by atoms with Gasteiger partial charge in [0.05, 0.1) is 6.54 Å². The third-order valence-electron chi connectivity index (χ3n) is 3.04. The summed E-state index contributed by atoms with van der Waals surface area (Å²) in [4.78, 5) is 14.8. The van der Waals surface area contributed by atoms with Crippen LogP contribution in [0.25, 0.3) is 0 Å². The van der Waals surface area contributed by atoms with Crippen molar-refractivity contribution >= 4 is 5.97 Å². The Morgan fingerprint density at radius 2 is 2.10 bits per heavy atom. The normalized spacial score (nSPS) is 12.8. The van der Waals surface area contributed by atoms with Crippen LogP contribution in [0.5, 0.6) is 0 Å². The molecular formula is C14H25N3O3. The maximum atomic E-state index is 10.5. The van der Waals surface area contributed by atoms with E-state index in [1.54, 1.807) is 0 Å². The van der Waals surface area contributed by atoms with Crippen LogP contribution in [0.4, 0.5) is 0 Å². The van der Waals surface area contributed by atoms with Crippen LogP contribution in [0.15, 0.2) is 4.52 Å². The molecule has 114 valence electrons. The minimum atomic E-state index is -0.728.